The third kappa shape index (κ3) is 3.45. The molecule has 1 fully saturated rings. The quantitative estimate of drug-likeness (QED) is 0.709. The van der Waals surface area contributed by atoms with Gasteiger partial charge in [-0.05, 0) is 0 Å². The fourth-order valence-electron chi connectivity index (χ4n) is 1.79. The molecule has 0 aromatic heterocycles. The van der Waals surface area contributed by atoms with Crippen LogP contribution in [0.15, 0.2) is 30.3 Å². The third-order valence-corrected chi connectivity index (χ3v) is 10.2. The zero-order valence-electron chi connectivity index (χ0n) is 8.56. The van der Waals surface area contributed by atoms with E-state index in [1.165, 1.54) is 5.56 Å². The molecule has 1 aliphatic heterocycles. The Morgan fingerprint density at radius 3 is 2.53 bits per heavy atom. The van der Waals surface area contributed by atoms with Crippen LogP contribution in [0.25, 0.3) is 0 Å². The summed E-state index contributed by atoms with van der Waals surface area (Å²) in [6, 6.07) is 10.4. The van der Waals surface area contributed by atoms with Gasteiger partial charge in [-0.25, -0.2) is 0 Å². The van der Waals surface area contributed by atoms with Gasteiger partial charge in [-0.1, -0.05) is 0 Å². The molecular weight excluding hydrogens is 399 g/mol. The molecule has 1 aliphatic rings. The van der Waals surface area contributed by atoms with Crippen molar-refractivity contribution in [2.75, 3.05) is 13.2 Å². The normalized spacial score (nSPS) is 17.5. The Labute approximate surface area is 106 Å². The van der Waals surface area contributed by atoms with Crippen molar-refractivity contribution in [2.24, 2.45) is 0 Å². The molecule has 5 heteroatoms. The van der Waals surface area contributed by atoms with Crippen LogP contribution in [-0.2, 0) is 39.1 Å². The molecule has 76 valence electrons. The van der Waals surface area contributed by atoms with E-state index in [4.69, 9.17) is 17.6 Å². The SMILES string of the molecule is [Cl][Hg][CH](Cc1ccccc1)B1OCCO1. The maximum atomic E-state index is 6.16. The molecule has 0 aliphatic carbocycles. The topological polar surface area (TPSA) is 18.5 Å². The van der Waals surface area contributed by atoms with Crippen LogP contribution in [0.2, 0.25) is 3.33 Å². The van der Waals surface area contributed by atoms with Crippen LogP contribution in [0.5, 0.6) is 0 Å². The van der Waals surface area contributed by atoms with Crippen LogP contribution in [0, 0.1) is 0 Å². The summed E-state index contributed by atoms with van der Waals surface area (Å²) in [6.07, 6.45) is 1.01. The molecule has 15 heavy (non-hydrogen) atoms. The molecule has 1 aromatic rings. The van der Waals surface area contributed by atoms with Crippen LogP contribution < -0.4 is 0 Å². The molecule has 0 saturated carbocycles. The van der Waals surface area contributed by atoms with Crippen molar-refractivity contribution in [1.82, 2.24) is 0 Å². The predicted molar refractivity (Wildman–Crippen MR) is 57.4 cm³/mol. The molecule has 1 atom stereocenters. The first-order valence-corrected chi connectivity index (χ1v) is 15.2. The molecule has 2 rings (SSSR count). The average Bonchev–Trinajstić information content (AvgIpc) is 2.81. The number of benzene rings is 1. The zero-order chi connectivity index (χ0) is 10.5. The Balaban J connectivity index is 1.96. The molecule has 0 bridgehead atoms. The van der Waals surface area contributed by atoms with Gasteiger partial charge in [0.2, 0.25) is 0 Å². The second-order valence-corrected chi connectivity index (χ2v) is 11.7. The molecule has 0 spiro atoms. The fourth-order valence-corrected chi connectivity index (χ4v) is 7.37. The van der Waals surface area contributed by atoms with Crippen LogP contribution >= 0.6 is 8.25 Å². The summed E-state index contributed by atoms with van der Waals surface area (Å²) in [5.74, 6) is 0. The monoisotopic (exact) mass is 412 g/mol. The fraction of sp³-hybridized carbons (Fsp3) is 0.400. The minimum absolute atomic E-state index is 0.0237. The molecule has 0 radical (unpaired) electrons. The van der Waals surface area contributed by atoms with Gasteiger partial charge in [-0.3, -0.25) is 0 Å². The molecule has 1 heterocycles. The summed E-state index contributed by atoms with van der Waals surface area (Å²) in [5, 5.41) is 0. The van der Waals surface area contributed by atoms with E-state index in [2.05, 4.69) is 24.3 Å². The summed E-state index contributed by atoms with van der Waals surface area (Å²) in [4.78, 5) is 0. The zero-order valence-corrected chi connectivity index (χ0v) is 14.8. The van der Waals surface area contributed by atoms with Crippen molar-refractivity contribution in [1.29, 1.82) is 0 Å². The van der Waals surface area contributed by atoms with Gasteiger partial charge in [0.25, 0.3) is 0 Å². The van der Waals surface area contributed by atoms with Gasteiger partial charge < -0.3 is 0 Å². The molecule has 1 saturated heterocycles. The van der Waals surface area contributed by atoms with E-state index in [-0.39, 0.29) is 7.12 Å². The number of hydrogen-bond donors (Lipinski definition) is 0. The number of hydrogen-bond acceptors (Lipinski definition) is 2. The van der Waals surface area contributed by atoms with Gasteiger partial charge in [0.05, 0.1) is 0 Å². The van der Waals surface area contributed by atoms with E-state index in [0.717, 1.165) is 19.6 Å². The second kappa shape index (κ2) is 6.24. The molecule has 2 nitrogen and oxygen atoms in total. The van der Waals surface area contributed by atoms with Crippen LogP contribution in [-0.4, -0.2) is 20.3 Å². The molecule has 0 N–H and O–H groups in total. The molecular formula is C10H12BClHgO2. The molecule has 0 amide bonds. The van der Waals surface area contributed by atoms with Crippen molar-refractivity contribution >= 4 is 15.4 Å². The van der Waals surface area contributed by atoms with Gasteiger partial charge >= 0.3 is 107 Å². The van der Waals surface area contributed by atoms with E-state index < -0.39 is 23.3 Å². The van der Waals surface area contributed by atoms with Crippen molar-refractivity contribution in [3.8, 4) is 0 Å². The van der Waals surface area contributed by atoms with Crippen LogP contribution in [0.4, 0.5) is 0 Å². The van der Waals surface area contributed by atoms with Gasteiger partial charge in [0.1, 0.15) is 0 Å². The first kappa shape index (κ1) is 11.9. The first-order valence-electron chi connectivity index (χ1n) is 5.23. The molecule has 1 aromatic carbocycles. The summed E-state index contributed by atoms with van der Waals surface area (Å²) < 4.78 is 11.5. The number of rotatable bonds is 4. The standard InChI is InChI=1S/C10H12BO2.ClH.Hg/c1-2-4-10(5-3-1)6-7-11-12-8-9-13-11;;/h1-5,7H,6,8-9H2;1H;/q;;+1/p-1. The Hall–Kier alpha value is 0.430. The van der Waals surface area contributed by atoms with Gasteiger partial charge in [-0.2, -0.15) is 0 Å². The van der Waals surface area contributed by atoms with Crippen molar-refractivity contribution < 1.29 is 32.6 Å². The van der Waals surface area contributed by atoms with E-state index in [1.807, 2.05) is 6.07 Å². The Morgan fingerprint density at radius 2 is 1.93 bits per heavy atom. The summed E-state index contributed by atoms with van der Waals surface area (Å²) in [6.45, 7) is 1.45. The van der Waals surface area contributed by atoms with Gasteiger partial charge in [-0.15, -0.1) is 0 Å². The maximum absolute atomic E-state index is 6.16. The summed E-state index contributed by atoms with van der Waals surface area (Å²) >= 11 is -1.34. The second-order valence-electron chi connectivity index (χ2n) is 3.71. The van der Waals surface area contributed by atoms with E-state index in [9.17, 15) is 0 Å². The van der Waals surface area contributed by atoms with E-state index >= 15 is 0 Å². The number of halogens is 1. The first-order chi connectivity index (χ1) is 7.40. The van der Waals surface area contributed by atoms with E-state index in [0.29, 0.717) is 3.33 Å². The average molecular weight is 411 g/mol. The van der Waals surface area contributed by atoms with Crippen LogP contribution in [0.3, 0.4) is 0 Å². The van der Waals surface area contributed by atoms with Crippen molar-refractivity contribution in [3.05, 3.63) is 35.9 Å². The minimum atomic E-state index is -1.34. The Kier molecular flexibility index (Phi) is 4.95. The van der Waals surface area contributed by atoms with E-state index in [1.54, 1.807) is 0 Å². The van der Waals surface area contributed by atoms with Crippen molar-refractivity contribution in [2.45, 2.75) is 9.75 Å². The van der Waals surface area contributed by atoms with Crippen LogP contribution in [0.1, 0.15) is 5.56 Å². The third-order valence-electron chi connectivity index (χ3n) is 2.57. The van der Waals surface area contributed by atoms with Gasteiger partial charge in [0.15, 0.2) is 0 Å². The predicted octanol–water partition coefficient (Wildman–Crippen LogP) is 2.33. The summed E-state index contributed by atoms with van der Waals surface area (Å²) in [5.41, 5.74) is 1.34. The van der Waals surface area contributed by atoms with Gasteiger partial charge in [0, 0.05) is 0 Å². The summed E-state index contributed by atoms with van der Waals surface area (Å²) in [7, 11) is 6.14. The molecule has 1 unspecified atom stereocenters. The van der Waals surface area contributed by atoms with Crippen molar-refractivity contribution in [3.63, 3.8) is 0 Å². The Bertz CT molecular complexity index is 293. The Morgan fingerprint density at radius 1 is 1.27 bits per heavy atom.